The molecule has 3 heterocycles. The Morgan fingerprint density at radius 1 is 0.413 bits per heavy atom. The molecule has 0 amide bonds. The van der Waals surface area contributed by atoms with Gasteiger partial charge in [-0.05, 0) is 181 Å². The molecule has 2 aliphatic carbocycles. The number of aryl methyl sites for hydroxylation is 2. The van der Waals surface area contributed by atoms with Crippen LogP contribution in [0.4, 0.5) is 34.1 Å². The van der Waals surface area contributed by atoms with E-state index in [1.165, 1.54) is 159 Å². The quantitative estimate of drug-likeness (QED) is 0.159. The zero-order valence-corrected chi connectivity index (χ0v) is 44.4. The Kier molecular flexibility index (Phi) is 9.95. The smallest absolute Gasteiger partial charge is 0.114 e. The topological polar surface area (TPSA) is 6.48 Å². The van der Waals surface area contributed by atoms with Crippen molar-refractivity contribution >= 4 is 52.6 Å². The van der Waals surface area contributed by atoms with E-state index in [0.717, 1.165) is 6.42 Å². The minimum Gasteiger partial charge on any atom is -0.310 e. The van der Waals surface area contributed by atoms with Crippen LogP contribution in [0.5, 0.6) is 0 Å². The first kappa shape index (κ1) is 44.5. The summed E-state index contributed by atoms with van der Waals surface area (Å²) in [6.07, 6.45) is 6.04. The Balaban J connectivity index is 0.910. The normalized spacial score (nSPS) is 17.8. The van der Waals surface area contributed by atoms with Crippen LogP contribution in [0.2, 0.25) is 13.1 Å². The van der Waals surface area contributed by atoms with E-state index in [9.17, 15) is 0 Å². The summed E-state index contributed by atoms with van der Waals surface area (Å²) in [5.41, 5.74) is 28.6. The van der Waals surface area contributed by atoms with Crippen LogP contribution in [0.25, 0.3) is 33.4 Å². The SMILES string of the molecule is Cc1cccc(C2(c3cccc(C)c3)c3cc(-c4cccc5c4[Si](C)(C)c4cc(N6c7ccccc7C7CCCCC7c7ccccc76)ccc4-5)ccc3-c3ccc(N4c5ccccc5Cc5ccccc54)cc32)c1. The molecule has 0 saturated heterocycles. The van der Waals surface area contributed by atoms with Gasteiger partial charge in [0.05, 0.1) is 5.41 Å². The number of hydrogen-bond acceptors (Lipinski definition) is 2. The third-order valence-corrected chi connectivity index (χ3v) is 21.8. The second-order valence-electron chi connectivity index (χ2n) is 22.8. The van der Waals surface area contributed by atoms with E-state index in [-0.39, 0.29) is 0 Å². The minimum atomic E-state index is -2.31. The summed E-state index contributed by atoms with van der Waals surface area (Å²) in [5, 5.41) is 3.06. The third-order valence-electron chi connectivity index (χ3n) is 18.3. The van der Waals surface area contributed by atoms with E-state index in [4.69, 9.17) is 0 Å². The predicted octanol–water partition coefficient (Wildman–Crippen LogP) is 17.7. The Hall–Kier alpha value is -7.98. The highest BCUT2D eigenvalue weighted by Gasteiger charge is 2.48. The first-order valence-corrected chi connectivity index (χ1v) is 30.4. The van der Waals surface area contributed by atoms with Gasteiger partial charge in [-0.1, -0.05) is 201 Å². The fraction of sp³-hybridized carbons (Fsp3) is 0.167. The van der Waals surface area contributed by atoms with E-state index >= 15 is 0 Å². The molecule has 10 aromatic carbocycles. The van der Waals surface area contributed by atoms with E-state index in [2.05, 4.69) is 255 Å². The van der Waals surface area contributed by atoms with Gasteiger partial charge < -0.3 is 9.80 Å². The van der Waals surface area contributed by atoms with Crippen molar-refractivity contribution in [3.8, 4) is 33.4 Å². The molecule has 3 heteroatoms. The number of para-hydroxylation sites is 4. The van der Waals surface area contributed by atoms with Crippen molar-refractivity contribution in [1.82, 2.24) is 0 Å². The van der Waals surface area contributed by atoms with E-state index in [0.29, 0.717) is 11.8 Å². The van der Waals surface area contributed by atoms with Crippen molar-refractivity contribution in [2.75, 3.05) is 9.80 Å². The summed E-state index contributed by atoms with van der Waals surface area (Å²) in [4.78, 5) is 5.14. The summed E-state index contributed by atoms with van der Waals surface area (Å²) >= 11 is 0. The minimum absolute atomic E-state index is 0.538. The van der Waals surface area contributed by atoms with E-state index in [1.807, 2.05) is 0 Å². The molecule has 75 heavy (non-hydrogen) atoms. The van der Waals surface area contributed by atoms with Gasteiger partial charge in [0.25, 0.3) is 0 Å². The van der Waals surface area contributed by atoms with Gasteiger partial charge in [-0.15, -0.1) is 0 Å². The molecule has 2 nitrogen and oxygen atoms in total. The summed E-state index contributed by atoms with van der Waals surface area (Å²) in [6, 6.07) is 84.8. The Bertz CT molecular complexity index is 3840. The number of anilines is 6. The predicted molar refractivity (Wildman–Crippen MR) is 317 cm³/mol. The molecule has 0 radical (unpaired) electrons. The second kappa shape index (κ2) is 16.8. The summed E-state index contributed by atoms with van der Waals surface area (Å²) in [6.45, 7) is 9.71. The Labute approximate surface area is 443 Å². The first-order chi connectivity index (χ1) is 36.8. The van der Waals surface area contributed by atoms with Gasteiger partial charge in [0.1, 0.15) is 8.07 Å². The highest BCUT2D eigenvalue weighted by Crippen LogP contribution is 2.60. The van der Waals surface area contributed by atoms with Gasteiger partial charge >= 0.3 is 0 Å². The monoisotopic (exact) mass is 980 g/mol. The second-order valence-corrected chi connectivity index (χ2v) is 27.1. The molecule has 2 atom stereocenters. The maximum absolute atomic E-state index is 2.63. The van der Waals surface area contributed by atoms with Crippen molar-refractivity contribution in [2.24, 2.45) is 0 Å². The number of rotatable bonds is 5. The third kappa shape index (κ3) is 6.50. The zero-order valence-electron chi connectivity index (χ0n) is 43.4. The van der Waals surface area contributed by atoms with Crippen molar-refractivity contribution in [1.29, 1.82) is 0 Å². The number of nitrogens with zero attached hydrogens (tertiary/aromatic N) is 2. The summed E-state index contributed by atoms with van der Waals surface area (Å²) < 4.78 is 0. The van der Waals surface area contributed by atoms with Crippen molar-refractivity contribution < 1.29 is 0 Å². The summed E-state index contributed by atoms with van der Waals surface area (Å²) in [5.74, 6) is 1.08. The van der Waals surface area contributed by atoms with Crippen molar-refractivity contribution in [2.45, 2.75) is 76.3 Å². The molecule has 5 aliphatic rings. The molecule has 1 saturated carbocycles. The molecule has 0 spiro atoms. The summed E-state index contributed by atoms with van der Waals surface area (Å²) in [7, 11) is -2.31. The Morgan fingerprint density at radius 3 is 1.52 bits per heavy atom. The number of benzene rings is 10. The standard InChI is InChI=1S/C72H60N2Si/c1-46-18-15-22-51(40-46)72(52-23-16-19-47(2)41-52)64-43-48(34-37-58(64)59-38-35-53(44-65(59)72)73-66-30-11-5-20-49(66)42-50-21-6-12-31-67(50)73)55-28-17-29-63-62-39-36-54(45-70(62)75(3,4)71(55)63)74-68-32-13-9-26-60(68)56-24-7-8-25-57(56)61-27-10-14-33-69(61)74/h5-6,9-23,26-41,43-45,56-57H,7-8,24-25,42H2,1-4H3. The maximum atomic E-state index is 2.63. The van der Waals surface area contributed by atoms with Gasteiger partial charge in [-0.2, -0.15) is 0 Å². The average Bonchev–Trinajstić information content (AvgIpc) is 3.89. The highest BCUT2D eigenvalue weighted by atomic mass is 28.3. The van der Waals surface area contributed by atoms with Crippen LogP contribution < -0.4 is 20.2 Å². The number of hydrogen-bond donors (Lipinski definition) is 0. The van der Waals surface area contributed by atoms with E-state index < -0.39 is 13.5 Å². The molecule has 2 unspecified atom stereocenters. The van der Waals surface area contributed by atoms with Gasteiger partial charge in [0.2, 0.25) is 0 Å². The molecule has 3 aliphatic heterocycles. The lowest BCUT2D eigenvalue weighted by Crippen LogP contribution is -2.50. The maximum Gasteiger partial charge on any atom is 0.114 e. The fourth-order valence-corrected chi connectivity index (χ4v) is 18.5. The number of fused-ring (bicyclic) bond motifs is 13. The zero-order chi connectivity index (χ0) is 50.2. The molecule has 10 aromatic rings. The van der Waals surface area contributed by atoms with Crippen LogP contribution in [0.1, 0.15) is 93.2 Å². The molecule has 362 valence electrons. The highest BCUT2D eigenvalue weighted by molar-refractivity contribution is 7.04. The van der Waals surface area contributed by atoms with Crippen LogP contribution in [-0.2, 0) is 11.8 Å². The van der Waals surface area contributed by atoms with Gasteiger partial charge in [-0.25, -0.2) is 0 Å². The fourth-order valence-electron chi connectivity index (χ4n) is 15.1. The molecule has 0 N–H and O–H groups in total. The van der Waals surface area contributed by atoms with Crippen LogP contribution in [0.3, 0.4) is 0 Å². The first-order valence-electron chi connectivity index (χ1n) is 27.4. The van der Waals surface area contributed by atoms with Gasteiger partial charge in [0, 0.05) is 40.5 Å². The lowest BCUT2D eigenvalue weighted by Gasteiger charge is -2.37. The molecule has 1 fully saturated rings. The van der Waals surface area contributed by atoms with Crippen LogP contribution >= 0.6 is 0 Å². The van der Waals surface area contributed by atoms with E-state index in [1.54, 1.807) is 0 Å². The van der Waals surface area contributed by atoms with Gasteiger partial charge in [-0.3, -0.25) is 0 Å². The van der Waals surface area contributed by atoms with Crippen LogP contribution in [-0.4, -0.2) is 8.07 Å². The molecule has 0 aromatic heterocycles. The largest absolute Gasteiger partial charge is 0.310 e. The van der Waals surface area contributed by atoms with Crippen molar-refractivity contribution in [3.63, 3.8) is 0 Å². The van der Waals surface area contributed by atoms with Crippen LogP contribution in [0.15, 0.2) is 218 Å². The lowest BCUT2D eigenvalue weighted by atomic mass is 9.67. The molecular formula is C72H60N2Si. The average molecular weight is 981 g/mol. The van der Waals surface area contributed by atoms with Crippen molar-refractivity contribution in [3.05, 3.63) is 274 Å². The molecule has 15 rings (SSSR count). The van der Waals surface area contributed by atoms with Crippen LogP contribution in [0, 0.1) is 13.8 Å². The van der Waals surface area contributed by atoms with Gasteiger partial charge in [0.15, 0.2) is 0 Å². The lowest BCUT2D eigenvalue weighted by molar-refractivity contribution is 0.389. The molecular weight excluding hydrogens is 921 g/mol. The Morgan fingerprint density at radius 2 is 0.907 bits per heavy atom. The molecule has 0 bridgehead atoms.